The van der Waals surface area contributed by atoms with Crippen molar-refractivity contribution >= 4 is 10.0 Å². The molecule has 1 aromatic carbocycles. The molecule has 2 heterocycles. The first kappa shape index (κ1) is 16.4. The number of hydrogen-bond acceptors (Lipinski definition) is 4. The summed E-state index contributed by atoms with van der Waals surface area (Å²) in [6.07, 6.45) is 5.00. The average molecular weight is 349 g/mol. The molecule has 3 rings (SSSR count). The van der Waals surface area contributed by atoms with Crippen molar-refractivity contribution in [2.45, 2.75) is 18.4 Å². The number of furan rings is 1. The first-order valence-electron chi connectivity index (χ1n) is 7.28. The Morgan fingerprint density at radius 3 is 2.88 bits per heavy atom. The van der Waals surface area contributed by atoms with Gasteiger partial charge in [0.2, 0.25) is 10.0 Å². The summed E-state index contributed by atoms with van der Waals surface area (Å²) in [6.45, 7) is 2.08. The van der Waals surface area contributed by atoms with E-state index >= 15 is 0 Å². The minimum absolute atomic E-state index is 0.0700. The summed E-state index contributed by atoms with van der Waals surface area (Å²) in [5, 5.41) is 4.17. The third-order valence-corrected chi connectivity index (χ3v) is 5.12. The van der Waals surface area contributed by atoms with Gasteiger partial charge in [-0.25, -0.2) is 17.5 Å². The molecule has 0 radical (unpaired) electrons. The summed E-state index contributed by atoms with van der Waals surface area (Å²) in [4.78, 5) is 0.0700. The summed E-state index contributed by atoms with van der Waals surface area (Å²) < 4.78 is 47.0. The number of aromatic nitrogens is 2. The van der Waals surface area contributed by atoms with Crippen LogP contribution in [-0.2, 0) is 16.6 Å². The minimum atomic E-state index is -3.69. The molecule has 24 heavy (non-hydrogen) atoms. The van der Waals surface area contributed by atoms with Crippen LogP contribution in [0.4, 0.5) is 4.39 Å². The Morgan fingerprint density at radius 2 is 2.17 bits per heavy atom. The lowest BCUT2D eigenvalue weighted by Crippen LogP contribution is -2.28. The van der Waals surface area contributed by atoms with Crippen molar-refractivity contribution < 1.29 is 17.2 Å². The van der Waals surface area contributed by atoms with E-state index in [1.165, 1.54) is 12.1 Å². The Morgan fingerprint density at radius 1 is 1.33 bits per heavy atom. The van der Waals surface area contributed by atoms with Crippen LogP contribution in [0.15, 0.2) is 58.3 Å². The fourth-order valence-corrected chi connectivity index (χ4v) is 3.59. The molecular weight excluding hydrogens is 333 g/mol. The number of nitrogens with zero attached hydrogens (tertiary/aromatic N) is 2. The van der Waals surface area contributed by atoms with Crippen molar-refractivity contribution in [1.82, 2.24) is 14.5 Å². The molecule has 0 fully saturated rings. The van der Waals surface area contributed by atoms with Crippen molar-refractivity contribution in [2.24, 2.45) is 0 Å². The molecular formula is C16H16FN3O3S. The van der Waals surface area contributed by atoms with Gasteiger partial charge in [0.25, 0.3) is 0 Å². The quantitative estimate of drug-likeness (QED) is 0.742. The molecule has 3 aromatic rings. The smallest absolute Gasteiger partial charge is 0.240 e. The number of halogens is 1. The number of hydrogen-bond donors (Lipinski definition) is 1. The predicted octanol–water partition coefficient (Wildman–Crippen LogP) is 2.57. The zero-order chi connectivity index (χ0) is 17.2. The molecule has 0 bridgehead atoms. The first-order valence-corrected chi connectivity index (χ1v) is 8.76. The maximum atomic E-state index is 13.1. The second-order valence-electron chi connectivity index (χ2n) is 5.28. The number of rotatable bonds is 6. The van der Waals surface area contributed by atoms with Gasteiger partial charge < -0.3 is 4.42 Å². The Bertz CT molecular complexity index is 933. The Hall–Kier alpha value is -2.45. The molecule has 1 N–H and O–H groups in total. The summed E-state index contributed by atoms with van der Waals surface area (Å²) in [5.41, 5.74) is 1.18. The lowest BCUT2D eigenvalue weighted by Gasteiger charge is -2.09. The van der Waals surface area contributed by atoms with Gasteiger partial charge in [0.05, 0.1) is 29.5 Å². The van der Waals surface area contributed by atoms with Crippen LogP contribution in [0.25, 0.3) is 11.3 Å². The maximum absolute atomic E-state index is 13.1. The highest BCUT2D eigenvalue weighted by molar-refractivity contribution is 7.89. The van der Waals surface area contributed by atoms with Crippen LogP contribution in [0.3, 0.4) is 0 Å². The fraction of sp³-hybridized carbons (Fsp3) is 0.188. The second-order valence-corrected chi connectivity index (χ2v) is 7.01. The maximum Gasteiger partial charge on any atom is 0.240 e. The normalized spacial score (nSPS) is 11.8. The van der Waals surface area contributed by atoms with Crippen molar-refractivity contribution in [3.05, 3.63) is 60.4 Å². The molecule has 0 spiro atoms. The van der Waals surface area contributed by atoms with Crippen LogP contribution >= 0.6 is 0 Å². The van der Waals surface area contributed by atoms with E-state index in [-0.39, 0.29) is 11.4 Å². The van der Waals surface area contributed by atoms with Gasteiger partial charge in [0, 0.05) is 12.7 Å². The molecule has 0 amide bonds. The van der Waals surface area contributed by atoms with E-state index in [2.05, 4.69) is 9.82 Å². The Balaban J connectivity index is 1.63. The standard InChI is InChI=1S/C16H16FN3O3S/c1-12-9-14(17)4-5-16(12)24(21,22)19-6-7-20-11-13(10-18-20)15-3-2-8-23-15/h2-5,8-11,19H,6-7H2,1H3. The highest BCUT2D eigenvalue weighted by Crippen LogP contribution is 2.18. The van der Waals surface area contributed by atoms with Gasteiger partial charge in [0.1, 0.15) is 11.6 Å². The molecule has 0 aliphatic carbocycles. The monoisotopic (exact) mass is 349 g/mol. The number of aryl methyl sites for hydroxylation is 1. The van der Waals surface area contributed by atoms with Crippen molar-refractivity contribution in [2.75, 3.05) is 6.54 Å². The molecule has 2 aromatic heterocycles. The third-order valence-electron chi connectivity index (χ3n) is 3.50. The average Bonchev–Trinajstić information content (AvgIpc) is 3.17. The molecule has 126 valence electrons. The highest BCUT2D eigenvalue weighted by Gasteiger charge is 2.16. The van der Waals surface area contributed by atoms with Gasteiger partial charge in [0.15, 0.2) is 0 Å². The topological polar surface area (TPSA) is 77.1 Å². The molecule has 0 saturated carbocycles. The van der Waals surface area contributed by atoms with E-state index in [4.69, 9.17) is 4.42 Å². The Kier molecular flexibility index (Phi) is 4.50. The summed E-state index contributed by atoms with van der Waals surface area (Å²) >= 11 is 0. The molecule has 0 atom stereocenters. The summed E-state index contributed by atoms with van der Waals surface area (Å²) in [5.74, 6) is 0.234. The van der Waals surface area contributed by atoms with Crippen LogP contribution in [0.5, 0.6) is 0 Å². The van der Waals surface area contributed by atoms with Crippen LogP contribution in [0.2, 0.25) is 0 Å². The zero-order valence-electron chi connectivity index (χ0n) is 12.9. The van der Waals surface area contributed by atoms with Gasteiger partial charge in [-0.05, 0) is 42.8 Å². The largest absolute Gasteiger partial charge is 0.464 e. The predicted molar refractivity (Wildman–Crippen MR) is 86.3 cm³/mol. The number of nitrogens with one attached hydrogen (secondary N) is 1. The summed E-state index contributed by atoms with van der Waals surface area (Å²) in [7, 11) is -3.69. The van der Waals surface area contributed by atoms with Gasteiger partial charge in [-0.2, -0.15) is 5.10 Å². The van der Waals surface area contributed by atoms with Gasteiger partial charge in [-0.15, -0.1) is 0 Å². The summed E-state index contributed by atoms with van der Waals surface area (Å²) in [6, 6.07) is 7.19. The van der Waals surface area contributed by atoms with Crippen molar-refractivity contribution in [3.8, 4) is 11.3 Å². The van der Waals surface area contributed by atoms with Crippen LogP contribution < -0.4 is 4.72 Å². The molecule has 8 heteroatoms. The molecule has 0 saturated heterocycles. The van der Waals surface area contributed by atoms with E-state index in [9.17, 15) is 12.8 Å². The van der Waals surface area contributed by atoms with Crippen molar-refractivity contribution in [1.29, 1.82) is 0 Å². The number of sulfonamides is 1. The highest BCUT2D eigenvalue weighted by atomic mass is 32.2. The van der Waals surface area contributed by atoms with E-state index in [0.29, 0.717) is 17.9 Å². The van der Waals surface area contributed by atoms with E-state index in [1.54, 1.807) is 36.3 Å². The van der Waals surface area contributed by atoms with Crippen molar-refractivity contribution in [3.63, 3.8) is 0 Å². The first-order chi connectivity index (χ1) is 11.5. The fourth-order valence-electron chi connectivity index (χ4n) is 2.34. The van der Waals surface area contributed by atoms with Crippen LogP contribution in [0, 0.1) is 12.7 Å². The van der Waals surface area contributed by atoms with E-state index in [1.807, 2.05) is 6.07 Å². The number of benzene rings is 1. The molecule has 0 aliphatic rings. The molecule has 0 aliphatic heterocycles. The van der Waals surface area contributed by atoms with E-state index < -0.39 is 15.8 Å². The lowest BCUT2D eigenvalue weighted by molar-refractivity contribution is 0.559. The second kappa shape index (κ2) is 6.58. The van der Waals surface area contributed by atoms with Gasteiger partial charge >= 0.3 is 0 Å². The van der Waals surface area contributed by atoms with Crippen LogP contribution in [-0.4, -0.2) is 24.7 Å². The third kappa shape index (κ3) is 3.55. The SMILES string of the molecule is Cc1cc(F)ccc1S(=O)(=O)NCCn1cc(-c2ccco2)cn1. The van der Waals surface area contributed by atoms with E-state index in [0.717, 1.165) is 11.6 Å². The van der Waals surface area contributed by atoms with Gasteiger partial charge in [-0.3, -0.25) is 4.68 Å². The zero-order valence-corrected chi connectivity index (χ0v) is 13.8. The van der Waals surface area contributed by atoms with Crippen LogP contribution in [0.1, 0.15) is 5.56 Å². The molecule has 6 nitrogen and oxygen atoms in total. The minimum Gasteiger partial charge on any atom is -0.464 e. The lowest BCUT2D eigenvalue weighted by atomic mass is 10.2. The van der Waals surface area contributed by atoms with Gasteiger partial charge in [-0.1, -0.05) is 0 Å². The molecule has 0 unspecified atom stereocenters. The Labute approximate surface area is 139 Å².